The summed E-state index contributed by atoms with van der Waals surface area (Å²) >= 11 is 1.28. The van der Waals surface area contributed by atoms with Gasteiger partial charge in [0, 0.05) is 25.6 Å². The van der Waals surface area contributed by atoms with Crippen LogP contribution in [0.25, 0.3) is 0 Å². The molecular formula is C25H26F6N4OS. The van der Waals surface area contributed by atoms with Gasteiger partial charge in [0.05, 0.1) is 36.4 Å². The molecule has 4 rings (SSSR count). The van der Waals surface area contributed by atoms with Crippen LogP contribution in [0.4, 0.5) is 31.5 Å². The van der Waals surface area contributed by atoms with Gasteiger partial charge in [-0.15, -0.1) is 0 Å². The van der Waals surface area contributed by atoms with Crippen LogP contribution >= 0.6 is 11.5 Å². The van der Waals surface area contributed by atoms with E-state index >= 15 is 0 Å². The summed E-state index contributed by atoms with van der Waals surface area (Å²) in [7, 11) is 3.75. The summed E-state index contributed by atoms with van der Waals surface area (Å²) in [5.41, 5.74) is -1.94. The monoisotopic (exact) mass is 544 g/mol. The SMILES string of the molecule is CN(C)c1nc(CN2CCCC(OCc3cc(C(F)(F)F)cc(C(F)(F)F)c3)C2c2ccccc2)ns1. The smallest absolute Gasteiger partial charge is 0.372 e. The number of nitrogens with zero attached hydrogens (tertiary/aromatic N) is 4. The van der Waals surface area contributed by atoms with Gasteiger partial charge >= 0.3 is 12.4 Å². The highest BCUT2D eigenvalue weighted by Crippen LogP contribution is 2.38. The van der Waals surface area contributed by atoms with Crippen LogP contribution < -0.4 is 4.90 Å². The van der Waals surface area contributed by atoms with Crippen molar-refractivity contribution in [2.75, 3.05) is 25.5 Å². The molecule has 0 radical (unpaired) electrons. The van der Waals surface area contributed by atoms with Gasteiger partial charge in [-0.05, 0) is 48.7 Å². The van der Waals surface area contributed by atoms with Crippen LogP contribution in [0.3, 0.4) is 0 Å². The second kappa shape index (κ2) is 11.0. The number of benzene rings is 2. The summed E-state index contributed by atoms with van der Waals surface area (Å²) in [6.45, 7) is 0.776. The molecule has 1 aliphatic heterocycles. The zero-order valence-electron chi connectivity index (χ0n) is 20.2. The van der Waals surface area contributed by atoms with Crippen LogP contribution in [-0.4, -0.2) is 41.0 Å². The molecule has 12 heteroatoms. The number of halogens is 6. The first-order valence-electron chi connectivity index (χ1n) is 11.6. The highest BCUT2D eigenvalue weighted by molar-refractivity contribution is 7.09. The van der Waals surface area contributed by atoms with Crippen molar-refractivity contribution in [1.29, 1.82) is 0 Å². The van der Waals surface area contributed by atoms with Crippen molar-refractivity contribution in [3.63, 3.8) is 0 Å². The Bertz CT molecular complexity index is 1150. The van der Waals surface area contributed by atoms with Gasteiger partial charge in [0.1, 0.15) is 0 Å². The highest BCUT2D eigenvalue weighted by Gasteiger charge is 2.38. The van der Waals surface area contributed by atoms with Crippen LogP contribution in [0.1, 0.15) is 47.0 Å². The Morgan fingerprint density at radius 3 is 2.22 bits per heavy atom. The van der Waals surface area contributed by atoms with Gasteiger partial charge in [0.2, 0.25) is 5.13 Å². The Balaban J connectivity index is 1.59. The minimum Gasteiger partial charge on any atom is -0.372 e. The van der Waals surface area contributed by atoms with E-state index in [0.717, 1.165) is 35.8 Å². The van der Waals surface area contributed by atoms with E-state index < -0.39 is 29.6 Å². The van der Waals surface area contributed by atoms with E-state index in [1.165, 1.54) is 11.5 Å². The lowest BCUT2D eigenvalue weighted by atomic mass is 9.92. The molecule has 2 unspecified atom stereocenters. The van der Waals surface area contributed by atoms with Gasteiger partial charge in [0.25, 0.3) is 0 Å². The Hall–Kier alpha value is -2.70. The van der Waals surface area contributed by atoms with E-state index in [-0.39, 0.29) is 24.3 Å². The third kappa shape index (κ3) is 6.79. The molecule has 200 valence electrons. The van der Waals surface area contributed by atoms with E-state index in [1.54, 1.807) is 0 Å². The van der Waals surface area contributed by atoms with Crippen LogP contribution in [0.15, 0.2) is 48.5 Å². The topological polar surface area (TPSA) is 41.5 Å². The van der Waals surface area contributed by atoms with E-state index in [4.69, 9.17) is 4.74 Å². The van der Waals surface area contributed by atoms with Gasteiger partial charge in [-0.2, -0.15) is 30.7 Å². The molecule has 0 spiro atoms. The zero-order valence-corrected chi connectivity index (χ0v) is 21.0. The summed E-state index contributed by atoms with van der Waals surface area (Å²) in [5, 5.41) is 0.765. The Morgan fingerprint density at radius 2 is 1.65 bits per heavy atom. The van der Waals surface area contributed by atoms with Crippen LogP contribution in [0.2, 0.25) is 0 Å². The maximum Gasteiger partial charge on any atom is 0.416 e. The first-order valence-corrected chi connectivity index (χ1v) is 12.4. The Labute approximate surface area is 214 Å². The number of rotatable bonds is 7. The molecular weight excluding hydrogens is 518 g/mol. The molecule has 0 saturated carbocycles. The molecule has 1 fully saturated rings. The predicted molar refractivity (Wildman–Crippen MR) is 128 cm³/mol. The first-order chi connectivity index (χ1) is 17.4. The number of alkyl halides is 6. The molecule has 0 amide bonds. The largest absolute Gasteiger partial charge is 0.416 e. The Kier molecular flexibility index (Phi) is 8.10. The molecule has 0 bridgehead atoms. The molecule has 1 aromatic heterocycles. The molecule has 1 saturated heterocycles. The van der Waals surface area contributed by atoms with E-state index in [0.29, 0.717) is 18.8 Å². The first kappa shape index (κ1) is 27.3. The fourth-order valence-electron chi connectivity index (χ4n) is 4.43. The normalized spacial score (nSPS) is 19.2. The third-order valence-electron chi connectivity index (χ3n) is 6.12. The third-order valence-corrected chi connectivity index (χ3v) is 7.04. The zero-order chi connectivity index (χ0) is 26.8. The number of aromatic nitrogens is 2. The lowest BCUT2D eigenvalue weighted by Gasteiger charge is -2.41. The van der Waals surface area contributed by atoms with Crippen LogP contribution in [0, 0.1) is 0 Å². The molecule has 0 aliphatic carbocycles. The van der Waals surface area contributed by atoms with Gasteiger partial charge in [0.15, 0.2) is 5.82 Å². The quantitative estimate of drug-likeness (QED) is 0.315. The van der Waals surface area contributed by atoms with E-state index in [1.807, 2.05) is 49.3 Å². The fraction of sp³-hybridized carbons (Fsp3) is 0.440. The highest BCUT2D eigenvalue weighted by atomic mass is 32.1. The number of piperidine rings is 1. The number of ether oxygens (including phenoxy) is 1. The summed E-state index contributed by atoms with van der Waals surface area (Å²) in [4.78, 5) is 8.57. The molecule has 0 N–H and O–H groups in total. The van der Waals surface area contributed by atoms with Crippen LogP contribution in [0.5, 0.6) is 0 Å². The summed E-state index contributed by atoms with van der Waals surface area (Å²) in [5.74, 6) is 0.642. The number of hydrogen-bond donors (Lipinski definition) is 0. The second-order valence-corrected chi connectivity index (χ2v) is 9.85. The van der Waals surface area contributed by atoms with Crippen molar-refractivity contribution >= 4 is 16.7 Å². The van der Waals surface area contributed by atoms with Crippen molar-refractivity contribution in [2.24, 2.45) is 0 Å². The van der Waals surface area contributed by atoms with Gasteiger partial charge in [-0.1, -0.05) is 30.3 Å². The molecule has 2 aromatic carbocycles. The van der Waals surface area contributed by atoms with Crippen molar-refractivity contribution in [2.45, 2.75) is 50.5 Å². The lowest BCUT2D eigenvalue weighted by molar-refractivity contribution is -0.143. The molecule has 2 heterocycles. The second-order valence-electron chi connectivity index (χ2n) is 9.12. The van der Waals surface area contributed by atoms with E-state index in [9.17, 15) is 26.3 Å². The lowest BCUT2D eigenvalue weighted by Crippen LogP contribution is -2.42. The van der Waals surface area contributed by atoms with Crippen LogP contribution in [-0.2, 0) is 30.2 Å². The summed E-state index contributed by atoms with van der Waals surface area (Å²) < 4.78 is 90.3. The summed E-state index contributed by atoms with van der Waals surface area (Å²) in [6, 6.07) is 10.8. The standard InChI is InChI=1S/C25H26F6N4OS/c1-34(2)23-32-21(33-37-23)14-35-10-6-9-20(22(35)17-7-4-3-5-8-17)36-15-16-11-18(24(26,27)28)13-19(12-16)25(29,30)31/h3-5,7-8,11-13,20,22H,6,9-10,14-15H2,1-2H3. The minimum atomic E-state index is -4.91. The average Bonchev–Trinajstić information content (AvgIpc) is 3.31. The van der Waals surface area contributed by atoms with Crippen molar-refractivity contribution in [1.82, 2.24) is 14.3 Å². The molecule has 37 heavy (non-hydrogen) atoms. The van der Waals surface area contributed by atoms with Crippen molar-refractivity contribution < 1.29 is 31.1 Å². The van der Waals surface area contributed by atoms with Gasteiger partial charge < -0.3 is 9.64 Å². The maximum atomic E-state index is 13.3. The summed E-state index contributed by atoms with van der Waals surface area (Å²) in [6.07, 6.45) is -8.91. The molecule has 5 nitrogen and oxygen atoms in total. The van der Waals surface area contributed by atoms with Gasteiger partial charge in [-0.25, -0.2) is 4.98 Å². The van der Waals surface area contributed by atoms with Gasteiger partial charge in [-0.3, -0.25) is 4.90 Å². The minimum absolute atomic E-state index is 0.126. The van der Waals surface area contributed by atoms with Crippen molar-refractivity contribution in [3.8, 4) is 0 Å². The number of hydrogen-bond acceptors (Lipinski definition) is 6. The predicted octanol–water partition coefficient (Wildman–Crippen LogP) is 6.56. The fourth-order valence-corrected chi connectivity index (χ4v) is 5.03. The average molecular weight is 545 g/mol. The van der Waals surface area contributed by atoms with E-state index in [2.05, 4.69) is 14.3 Å². The molecule has 3 aromatic rings. The number of anilines is 1. The molecule has 2 atom stereocenters. The Morgan fingerprint density at radius 1 is 1.00 bits per heavy atom. The van der Waals surface area contributed by atoms with Crippen molar-refractivity contribution in [3.05, 3.63) is 76.6 Å². The molecule has 1 aliphatic rings. The number of likely N-dealkylation sites (tertiary alicyclic amines) is 1. The maximum absolute atomic E-state index is 13.3.